The van der Waals surface area contributed by atoms with Crippen LogP contribution in [0, 0.1) is 0 Å². The van der Waals surface area contributed by atoms with Crippen molar-refractivity contribution in [2.75, 3.05) is 4.72 Å². The molecule has 1 heterocycles. The maximum atomic E-state index is 13.5. The minimum Gasteiger partial charge on any atom is -0.294 e. The molecule has 9 heteroatoms. The molecule has 1 aliphatic carbocycles. The van der Waals surface area contributed by atoms with E-state index in [1.807, 2.05) is 0 Å². The topological polar surface area (TPSA) is 102 Å². The Balaban J connectivity index is 1.69. The number of anilines is 1. The Morgan fingerprint density at radius 3 is 2.06 bits per heavy atom. The van der Waals surface area contributed by atoms with Gasteiger partial charge in [0, 0.05) is 28.8 Å². The van der Waals surface area contributed by atoms with Gasteiger partial charge in [-0.3, -0.25) is 9.52 Å². The van der Waals surface area contributed by atoms with E-state index in [9.17, 15) is 21.6 Å². The SMILES string of the molecule is O=C1CCCc2c1c1cc(NS(=O)(=O)c3ccccc3)ccc1n2S(=O)(=O)c1ccccc1. The predicted octanol–water partition coefficient (Wildman–Crippen LogP) is 4.20. The van der Waals surface area contributed by atoms with Gasteiger partial charge >= 0.3 is 0 Å². The number of hydrogen-bond acceptors (Lipinski definition) is 5. The van der Waals surface area contributed by atoms with Gasteiger partial charge in [-0.1, -0.05) is 36.4 Å². The third-order valence-electron chi connectivity index (χ3n) is 5.70. The van der Waals surface area contributed by atoms with Crippen LogP contribution in [0.3, 0.4) is 0 Å². The van der Waals surface area contributed by atoms with Crippen LogP contribution in [0.5, 0.6) is 0 Å². The molecule has 0 amide bonds. The van der Waals surface area contributed by atoms with Gasteiger partial charge in [0.2, 0.25) is 0 Å². The Kier molecular flexibility index (Phi) is 5.10. The van der Waals surface area contributed by atoms with Crippen molar-refractivity contribution in [3.8, 4) is 0 Å². The van der Waals surface area contributed by atoms with E-state index in [4.69, 9.17) is 0 Å². The Morgan fingerprint density at radius 1 is 0.758 bits per heavy atom. The molecule has 0 saturated heterocycles. The van der Waals surface area contributed by atoms with Crippen molar-refractivity contribution in [1.29, 1.82) is 0 Å². The summed E-state index contributed by atoms with van der Waals surface area (Å²) < 4.78 is 56.3. The lowest BCUT2D eigenvalue weighted by Gasteiger charge is -2.15. The first kappa shape index (κ1) is 21.4. The van der Waals surface area contributed by atoms with Crippen molar-refractivity contribution in [3.63, 3.8) is 0 Å². The second kappa shape index (κ2) is 7.86. The zero-order valence-corrected chi connectivity index (χ0v) is 19.1. The lowest BCUT2D eigenvalue weighted by Crippen LogP contribution is -2.19. The fourth-order valence-corrected chi connectivity index (χ4v) is 6.92. The predicted molar refractivity (Wildman–Crippen MR) is 125 cm³/mol. The van der Waals surface area contributed by atoms with Gasteiger partial charge in [0.1, 0.15) is 0 Å². The second-order valence-electron chi connectivity index (χ2n) is 7.83. The molecule has 3 aromatic carbocycles. The Labute approximate surface area is 191 Å². The highest BCUT2D eigenvalue weighted by molar-refractivity contribution is 7.92. The zero-order valence-electron chi connectivity index (χ0n) is 17.4. The van der Waals surface area contributed by atoms with Crippen LogP contribution in [0.25, 0.3) is 10.9 Å². The highest BCUT2D eigenvalue weighted by Gasteiger charge is 2.32. The lowest BCUT2D eigenvalue weighted by atomic mass is 9.94. The third kappa shape index (κ3) is 3.63. The molecule has 168 valence electrons. The van der Waals surface area contributed by atoms with E-state index >= 15 is 0 Å². The van der Waals surface area contributed by atoms with E-state index < -0.39 is 20.0 Å². The first-order valence-corrected chi connectivity index (χ1v) is 13.3. The summed E-state index contributed by atoms with van der Waals surface area (Å²) in [6.07, 6.45) is 1.31. The Hall–Kier alpha value is -3.43. The number of carbonyl (C=O) groups excluding carboxylic acids is 1. The van der Waals surface area contributed by atoms with Gasteiger partial charge in [-0.15, -0.1) is 0 Å². The maximum Gasteiger partial charge on any atom is 0.268 e. The van der Waals surface area contributed by atoms with Crippen LogP contribution in [0.1, 0.15) is 28.9 Å². The van der Waals surface area contributed by atoms with E-state index in [0.29, 0.717) is 41.4 Å². The summed E-state index contributed by atoms with van der Waals surface area (Å²) in [5.41, 5.74) is 1.38. The van der Waals surface area contributed by atoms with E-state index in [0.717, 1.165) is 0 Å². The molecule has 0 bridgehead atoms. The number of nitrogens with zero attached hydrogens (tertiary/aromatic N) is 1. The number of aromatic nitrogens is 1. The second-order valence-corrected chi connectivity index (χ2v) is 11.3. The van der Waals surface area contributed by atoms with E-state index in [1.54, 1.807) is 42.5 Å². The summed E-state index contributed by atoms with van der Waals surface area (Å²) in [6.45, 7) is 0. The molecular formula is C24H20N2O5S2. The summed E-state index contributed by atoms with van der Waals surface area (Å²) in [6, 6.07) is 20.6. The first-order chi connectivity index (χ1) is 15.8. The number of fused-ring (bicyclic) bond motifs is 3. The van der Waals surface area contributed by atoms with E-state index in [1.165, 1.54) is 40.4 Å². The van der Waals surface area contributed by atoms with Crippen LogP contribution >= 0.6 is 0 Å². The van der Waals surface area contributed by atoms with Crippen molar-refractivity contribution >= 4 is 42.4 Å². The summed E-state index contributed by atoms with van der Waals surface area (Å²) >= 11 is 0. The molecule has 0 fully saturated rings. The van der Waals surface area contributed by atoms with Crippen molar-refractivity contribution in [2.24, 2.45) is 0 Å². The van der Waals surface area contributed by atoms with Crippen LogP contribution in [0.15, 0.2) is 88.7 Å². The smallest absolute Gasteiger partial charge is 0.268 e. The molecule has 33 heavy (non-hydrogen) atoms. The molecule has 5 rings (SSSR count). The lowest BCUT2D eigenvalue weighted by molar-refractivity contribution is 0.0974. The van der Waals surface area contributed by atoms with Gasteiger partial charge in [0.05, 0.1) is 15.3 Å². The van der Waals surface area contributed by atoms with Gasteiger partial charge in [-0.2, -0.15) is 0 Å². The number of Topliss-reactive ketones (excluding diaryl/α,β-unsaturated/α-hetero) is 1. The van der Waals surface area contributed by atoms with Gasteiger partial charge in [-0.25, -0.2) is 20.8 Å². The molecule has 7 nitrogen and oxygen atoms in total. The third-order valence-corrected chi connectivity index (χ3v) is 8.86. The number of ketones is 1. The number of hydrogen-bond donors (Lipinski definition) is 1. The molecule has 1 aliphatic rings. The van der Waals surface area contributed by atoms with Gasteiger partial charge in [-0.05, 0) is 55.3 Å². The summed E-state index contributed by atoms with van der Waals surface area (Å²) in [7, 11) is -7.79. The van der Waals surface area contributed by atoms with Crippen molar-refractivity contribution in [3.05, 3.63) is 90.1 Å². The Morgan fingerprint density at radius 2 is 1.39 bits per heavy atom. The van der Waals surface area contributed by atoms with Crippen LogP contribution < -0.4 is 4.72 Å². The average molecular weight is 481 g/mol. The zero-order chi connectivity index (χ0) is 23.2. The maximum absolute atomic E-state index is 13.5. The molecule has 4 aromatic rings. The molecule has 1 N–H and O–H groups in total. The first-order valence-electron chi connectivity index (χ1n) is 10.4. The van der Waals surface area contributed by atoms with Gasteiger partial charge in [0.15, 0.2) is 5.78 Å². The molecule has 0 saturated carbocycles. The van der Waals surface area contributed by atoms with Crippen LogP contribution in [0.4, 0.5) is 5.69 Å². The minimum absolute atomic E-state index is 0.104. The standard InChI is InChI=1S/C24H20N2O5S2/c27-23-13-7-12-22-24(23)20-16-17(25-32(28,29)18-8-3-1-4-9-18)14-15-21(20)26(22)33(30,31)19-10-5-2-6-11-19/h1-6,8-11,14-16,25H,7,12-13H2. The molecule has 0 spiro atoms. The highest BCUT2D eigenvalue weighted by atomic mass is 32.2. The van der Waals surface area contributed by atoms with Crippen molar-refractivity contribution in [1.82, 2.24) is 3.97 Å². The fourth-order valence-electron chi connectivity index (χ4n) is 4.24. The summed E-state index contributed by atoms with van der Waals surface area (Å²) in [5.74, 6) is -0.147. The average Bonchev–Trinajstić information content (AvgIpc) is 3.15. The number of nitrogens with one attached hydrogen (secondary N) is 1. The number of sulfonamides is 1. The normalized spacial score (nSPS) is 14.2. The van der Waals surface area contributed by atoms with E-state index in [-0.39, 0.29) is 21.3 Å². The van der Waals surface area contributed by atoms with Crippen molar-refractivity contribution in [2.45, 2.75) is 29.1 Å². The summed E-state index contributed by atoms with van der Waals surface area (Å²) in [5, 5.41) is 0.419. The molecule has 0 aliphatic heterocycles. The van der Waals surface area contributed by atoms with Gasteiger partial charge < -0.3 is 0 Å². The monoisotopic (exact) mass is 480 g/mol. The highest BCUT2D eigenvalue weighted by Crippen LogP contribution is 2.36. The van der Waals surface area contributed by atoms with Crippen LogP contribution in [0.2, 0.25) is 0 Å². The molecule has 0 unspecified atom stereocenters. The quantitative estimate of drug-likeness (QED) is 0.461. The minimum atomic E-state index is -3.95. The molecular weight excluding hydrogens is 460 g/mol. The van der Waals surface area contributed by atoms with E-state index in [2.05, 4.69) is 4.72 Å². The van der Waals surface area contributed by atoms with Crippen LogP contribution in [-0.4, -0.2) is 26.6 Å². The fraction of sp³-hybridized carbons (Fsp3) is 0.125. The molecule has 0 radical (unpaired) electrons. The number of benzene rings is 3. The molecule has 1 aromatic heterocycles. The van der Waals surface area contributed by atoms with Crippen LogP contribution in [-0.2, 0) is 26.5 Å². The Bertz CT molecular complexity index is 1590. The number of carbonyl (C=O) groups is 1. The van der Waals surface area contributed by atoms with Gasteiger partial charge in [0.25, 0.3) is 20.0 Å². The van der Waals surface area contributed by atoms with Crippen molar-refractivity contribution < 1.29 is 21.6 Å². The molecule has 0 atom stereocenters. The number of rotatable bonds is 5. The summed E-state index contributed by atoms with van der Waals surface area (Å²) in [4.78, 5) is 13.1. The largest absolute Gasteiger partial charge is 0.294 e.